The summed E-state index contributed by atoms with van der Waals surface area (Å²) in [6, 6.07) is 5.33. The predicted molar refractivity (Wildman–Crippen MR) is 85.6 cm³/mol. The molecule has 2 N–H and O–H groups in total. The number of halogens is 3. The molecule has 0 aliphatic carbocycles. The normalized spacial score (nSPS) is 12.6. The summed E-state index contributed by atoms with van der Waals surface area (Å²) in [6.07, 6.45) is 3.53. The van der Waals surface area contributed by atoms with Crippen LogP contribution in [0.25, 0.3) is 0 Å². The summed E-state index contributed by atoms with van der Waals surface area (Å²) in [5.74, 6) is 0. The summed E-state index contributed by atoms with van der Waals surface area (Å²) in [7, 11) is 0. The van der Waals surface area contributed by atoms with Gasteiger partial charge in [-0.05, 0) is 67.6 Å². The number of hydrogen-bond acceptors (Lipinski definition) is 2. The Kier molecular flexibility index (Phi) is 9.79. The van der Waals surface area contributed by atoms with Crippen molar-refractivity contribution in [1.29, 1.82) is 0 Å². The van der Waals surface area contributed by atoms with E-state index in [1.807, 2.05) is 33.8 Å². The van der Waals surface area contributed by atoms with Crippen LogP contribution in [0.5, 0.6) is 0 Å². The van der Waals surface area contributed by atoms with E-state index < -0.39 is 5.51 Å². The molecule has 0 spiro atoms. The maximum absolute atomic E-state index is 12.4. The number of benzene rings is 1. The van der Waals surface area contributed by atoms with Gasteiger partial charge in [0.2, 0.25) is 0 Å². The van der Waals surface area contributed by atoms with E-state index in [0.29, 0.717) is 0 Å². The number of rotatable bonds is 6. The fourth-order valence-corrected chi connectivity index (χ4v) is 2.66. The molecule has 0 aromatic heterocycles. The Hall–Kier alpha value is -0.680. The zero-order chi connectivity index (χ0) is 16.5. The minimum Gasteiger partial charge on any atom is -0.328 e. The second-order valence-electron chi connectivity index (χ2n) is 4.76. The van der Waals surface area contributed by atoms with Crippen LogP contribution in [0.1, 0.15) is 51.2 Å². The lowest BCUT2D eigenvalue weighted by molar-refractivity contribution is -0.0328. The molecule has 0 amide bonds. The van der Waals surface area contributed by atoms with Crippen molar-refractivity contribution >= 4 is 11.8 Å². The van der Waals surface area contributed by atoms with Crippen molar-refractivity contribution in [2.45, 2.75) is 69.8 Å². The number of thioether (sulfide) groups is 1. The molecule has 1 unspecified atom stereocenters. The second-order valence-corrected chi connectivity index (χ2v) is 5.90. The van der Waals surface area contributed by atoms with Crippen molar-refractivity contribution in [1.82, 2.24) is 0 Å². The van der Waals surface area contributed by atoms with Gasteiger partial charge < -0.3 is 5.73 Å². The molecule has 21 heavy (non-hydrogen) atoms. The molecule has 0 fully saturated rings. The van der Waals surface area contributed by atoms with E-state index in [0.717, 1.165) is 36.8 Å². The first-order chi connectivity index (χ1) is 9.80. The molecule has 1 atom stereocenters. The number of hydrogen-bond donors (Lipinski definition) is 1. The van der Waals surface area contributed by atoms with Crippen LogP contribution < -0.4 is 5.73 Å². The van der Waals surface area contributed by atoms with Crippen molar-refractivity contribution in [3.05, 3.63) is 29.3 Å². The Morgan fingerprint density at radius 3 is 2.33 bits per heavy atom. The number of nitrogens with two attached hydrogens (primary N) is 1. The van der Waals surface area contributed by atoms with Gasteiger partial charge in [0.25, 0.3) is 0 Å². The lowest BCUT2D eigenvalue weighted by Gasteiger charge is -2.11. The van der Waals surface area contributed by atoms with Gasteiger partial charge in [0.05, 0.1) is 0 Å². The zero-order valence-electron chi connectivity index (χ0n) is 13.3. The summed E-state index contributed by atoms with van der Waals surface area (Å²) in [5, 5.41) is 0. The van der Waals surface area contributed by atoms with Crippen molar-refractivity contribution in [2.24, 2.45) is 5.73 Å². The Morgan fingerprint density at radius 2 is 1.81 bits per heavy atom. The molecule has 0 radical (unpaired) electrons. The SMILES string of the molecule is CC.CCC(N)CCCc1cc(C)cc(SC(F)(F)F)c1. The number of alkyl halides is 3. The van der Waals surface area contributed by atoms with Crippen molar-refractivity contribution in [3.63, 3.8) is 0 Å². The molecule has 0 aliphatic rings. The molecular formula is C16H26F3NS. The Labute approximate surface area is 130 Å². The van der Waals surface area contributed by atoms with E-state index in [1.165, 1.54) is 0 Å². The van der Waals surface area contributed by atoms with E-state index >= 15 is 0 Å². The van der Waals surface area contributed by atoms with Gasteiger partial charge in [-0.2, -0.15) is 13.2 Å². The third-order valence-corrected chi connectivity index (χ3v) is 3.61. The smallest absolute Gasteiger partial charge is 0.328 e. The van der Waals surface area contributed by atoms with E-state index in [-0.39, 0.29) is 22.7 Å². The quantitative estimate of drug-likeness (QED) is 0.681. The van der Waals surface area contributed by atoms with Gasteiger partial charge in [-0.3, -0.25) is 0 Å². The first-order valence-electron chi connectivity index (χ1n) is 7.42. The highest BCUT2D eigenvalue weighted by Crippen LogP contribution is 2.37. The van der Waals surface area contributed by atoms with Gasteiger partial charge in [0.1, 0.15) is 0 Å². The maximum atomic E-state index is 12.4. The molecule has 122 valence electrons. The topological polar surface area (TPSA) is 26.0 Å². The van der Waals surface area contributed by atoms with E-state index in [9.17, 15) is 13.2 Å². The summed E-state index contributed by atoms with van der Waals surface area (Å²) >= 11 is -0.0514. The minimum atomic E-state index is -4.23. The molecule has 1 aromatic carbocycles. The summed E-state index contributed by atoms with van der Waals surface area (Å²) in [4.78, 5) is 0.266. The van der Waals surface area contributed by atoms with Gasteiger partial charge in [-0.25, -0.2) is 0 Å². The third-order valence-electron chi connectivity index (χ3n) is 2.91. The third kappa shape index (κ3) is 9.80. The largest absolute Gasteiger partial charge is 0.446 e. The number of aryl methyl sites for hydroxylation is 2. The summed E-state index contributed by atoms with van der Waals surface area (Å²) < 4.78 is 37.1. The van der Waals surface area contributed by atoms with Crippen LogP contribution in [-0.2, 0) is 6.42 Å². The average molecular weight is 321 g/mol. The fraction of sp³-hybridized carbons (Fsp3) is 0.625. The van der Waals surface area contributed by atoms with Crippen LogP contribution in [0.2, 0.25) is 0 Å². The molecule has 1 nitrogen and oxygen atoms in total. The van der Waals surface area contributed by atoms with Crippen LogP contribution in [0.15, 0.2) is 23.1 Å². The van der Waals surface area contributed by atoms with E-state index in [1.54, 1.807) is 12.1 Å². The molecule has 0 heterocycles. The van der Waals surface area contributed by atoms with E-state index in [4.69, 9.17) is 5.73 Å². The monoisotopic (exact) mass is 321 g/mol. The second kappa shape index (κ2) is 10.1. The van der Waals surface area contributed by atoms with Crippen LogP contribution in [-0.4, -0.2) is 11.6 Å². The molecular weight excluding hydrogens is 295 g/mol. The lowest BCUT2D eigenvalue weighted by atomic mass is 10.0. The van der Waals surface area contributed by atoms with Gasteiger partial charge in [-0.15, -0.1) is 0 Å². The Balaban J connectivity index is 0.00000191. The highest BCUT2D eigenvalue weighted by atomic mass is 32.2. The molecule has 5 heteroatoms. The molecule has 0 saturated heterocycles. The minimum absolute atomic E-state index is 0.0514. The molecule has 0 aliphatic heterocycles. The van der Waals surface area contributed by atoms with Crippen molar-refractivity contribution in [3.8, 4) is 0 Å². The Morgan fingerprint density at radius 1 is 1.19 bits per heavy atom. The highest BCUT2D eigenvalue weighted by molar-refractivity contribution is 8.00. The van der Waals surface area contributed by atoms with Gasteiger partial charge >= 0.3 is 5.51 Å². The summed E-state index contributed by atoms with van der Waals surface area (Å²) in [6.45, 7) is 7.86. The molecule has 1 aromatic rings. The Bertz CT molecular complexity index is 405. The van der Waals surface area contributed by atoms with Crippen molar-refractivity contribution in [2.75, 3.05) is 0 Å². The predicted octanol–water partition coefficient (Wildman–Crippen LogP) is 5.69. The zero-order valence-corrected chi connectivity index (χ0v) is 14.1. The molecule has 1 rings (SSSR count). The van der Waals surface area contributed by atoms with Crippen LogP contribution >= 0.6 is 11.8 Å². The average Bonchev–Trinajstić information content (AvgIpc) is 2.38. The molecule has 0 bridgehead atoms. The van der Waals surface area contributed by atoms with E-state index in [2.05, 4.69) is 0 Å². The van der Waals surface area contributed by atoms with Crippen LogP contribution in [0.4, 0.5) is 13.2 Å². The summed E-state index contributed by atoms with van der Waals surface area (Å²) in [5.41, 5.74) is 3.42. The van der Waals surface area contributed by atoms with Gasteiger partial charge in [0, 0.05) is 10.9 Å². The first-order valence-corrected chi connectivity index (χ1v) is 8.23. The maximum Gasteiger partial charge on any atom is 0.446 e. The highest BCUT2D eigenvalue weighted by Gasteiger charge is 2.29. The lowest BCUT2D eigenvalue weighted by Crippen LogP contribution is -2.18. The van der Waals surface area contributed by atoms with Crippen molar-refractivity contribution < 1.29 is 13.2 Å². The van der Waals surface area contributed by atoms with Gasteiger partial charge in [-0.1, -0.05) is 26.8 Å². The van der Waals surface area contributed by atoms with Gasteiger partial charge in [0.15, 0.2) is 0 Å². The fourth-order valence-electron chi connectivity index (χ4n) is 1.93. The molecule has 0 saturated carbocycles. The van der Waals surface area contributed by atoms with Crippen LogP contribution in [0, 0.1) is 6.92 Å². The standard InChI is InChI=1S/C14H20F3NS.C2H6/c1-3-12(18)6-4-5-11-7-10(2)8-13(9-11)19-14(15,16)17;1-2/h7-9,12H,3-6,18H2,1-2H3;1-2H3. The van der Waals surface area contributed by atoms with Crippen LogP contribution in [0.3, 0.4) is 0 Å². The first kappa shape index (κ1) is 20.3.